The third-order valence-electron chi connectivity index (χ3n) is 5.63. The third kappa shape index (κ3) is 4.11. The molecule has 0 N–H and O–H groups in total. The van der Waals surface area contributed by atoms with Crippen LogP contribution < -0.4 is 4.90 Å². The van der Waals surface area contributed by atoms with Gasteiger partial charge in [-0.1, -0.05) is 6.92 Å². The molecule has 6 heteroatoms. The van der Waals surface area contributed by atoms with E-state index in [2.05, 4.69) is 38.9 Å². The van der Waals surface area contributed by atoms with Gasteiger partial charge in [-0.2, -0.15) is 5.10 Å². The van der Waals surface area contributed by atoms with Crippen LogP contribution in [0.5, 0.6) is 0 Å². The number of nitrogens with zero attached hydrogens (tertiary/aromatic N) is 5. The highest BCUT2D eigenvalue weighted by Gasteiger charge is 2.35. The van der Waals surface area contributed by atoms with Crippen molar-refractivity contribution in [1.82, 2.24) is 20.0 Å². The molecular formula is C19H31N5O. The first kappa shape index (κ1) is 18.1. The van der Waals surface area contributed by atoms with Crippen LogP contribution in [0.15, 0.2) is 12.1 Å². The summed E-state index contributed by atoms with van der Waals surface area (Å²) in [5.74, 6) is 1.27. The fraction of sp³-hybridized carbons (Fsp3) is 0.737. The van der Waals surface area contributed by atoms with Gasteiger partial charge in [0.2, 0.25) is 5.91 Å². The number of rotatable bonds is 5. The Morgan fingerprint density at radius 1 is 1.20 bits per heavy atom. The van der Waals surface area contributed by atoms with E-state index in [0.717, 1.165) is 69.8 Å². The van der Waals surface area contributed by atoms with E-state index in [1.165, 1.54) is 0 Å². The normalized spacial score (nSPS) is 22.4. The largest absolute Gasteiger partial charge is 0.355 e. The van der Waals surface area contributed by atoms with Crippen molar-refractivity contribution in [3.05, 3.63) is 17.8 Å². The summed E-state index contributed by atoms with van der Waals surface area (Å²) in [6, 6.07) is 4.58. The predicted octanol–water partition coefficient (Wildman–Crippen LogP) is 2.09. The van der Waals surface area contributed by atoms with E-state index in [1.807, 2.05) is 19.1 Å². The Balaban J connectivity index is 1.54. The summed E-state index contributed by atoms with van der Waals surface area (Å²) in [5, 5.41) is 8.44. The van der Waals surface area contributed by atoms with Gasteiger partial charge in [0.25, 0.3) is 0 Å². The molecule has 0 aromatic carbocycles. The molecule has 0 aliphatic carbocycles. The molecule has 138 valence electrons. The smallest absolute Gasteiger partial charge is 0.239 e. The second-order valence-electron chi connectivity index (χ2n) is 7.39. The molecule has 2 aliphatic rings. The zero-order chi connectivity index (χ0) is 17.8. The highest BCUT2D eigenvalue weighted by atomic mass is 16.2. The Morgan fingerprint density at radius 3 is 2.60 bits per heavy atom. The van der Waals surface area contributed by atoms with E-state index in [-0.39, 0.29) is 6.04 Å². The van der Waals surface area contributed by atoms with Gasteiger partial charge in [-0.25, -0.2) is 0 Å². The van der Waals surface area contributed by atoms with Gasteiger partial charge in [-0.15, -0.1) is 5.10 Å². The van der Waals surface area contributed by atoms with Crippen molar-refractivity contribution in [2.24, 2.45) is 0 Å². The van der Waals surface area contributed by atoms with Crippen LogP contribution >= 0.6 is 0 Å². The number of hydrogen-bond donors (Lipinski definition) is 0. The number of hydrogen-bond acceptors (Lipinski definition) is 5. The summed E-state index contributed by atoms with van der Waals surface area (Å²) in [5.41, 5.74) is 0.936. The summed E-state index contributed by atoms with van der Waals surface area (Å²) < 4.78 is 0. The molecule has 6 nitrogen and oxygen atoms in total. The zero-order valence-corrected chi connectivity index (χ0v) is 15.8. The molecule has 0 spiro atoms. The van der Waals surface area contributed by atoms with Gasteiger partial charge >= 0.3 is 0 Å². The van der Waals surface area contributed by atoms with Gasteiger partial charge < -0.3 is 9.80 Å². The SMILES string of the molecule is CCCN1CCCC1C(=O)N1CCC(N(C)c2ccc(C)nn2)CC1. The quantitative estimate of drug-likeness (QED) is 0.818. The van der Waals surface area contributed by atoms with Gasteiger partial charge in [0.15, 0.2) is 5.82 Å². The lowest BCUT2D eigenvalue weighted by atomic mass is 10.0. The van der Waals surface area contributed by atoms with Crippen molar-refractivity contribution in [2.75, 3.05) is 38.1 Å². The van der Waals surface area contributed by atoms with E-state index in [0.29, 0.717) is 11.9 Å². The first-order chi connectivity index (χ1) is 12.1. The van der Waals surface area contributed by atoms with Crippen LogP contribution in [-0.2, 0) is 4.79 Å². The Kier molecular flexibility index (Phi) is 5.89. The summed E-state index contributed by atoms with van der Waals surface area (Å²) in [6.07, 6.45) is 5.30. The first-order valence-electron chi connectivity index (χ1n) is 9.66. The maximum Gasteiger partial charge on any atom is 0.239 e. The zero-order valence-electron chi connectivity index (χ0n) is 15.8. The number of carbonyl (C=O) groups excluding carboxylic acids is 1. The van der Waals surface area contributed by atoms with E-state index >= 15 is 0 Å². The summed E-state index contributed by atoms with van der Waals surface area (Å²) in [6.45, 7) is 7.96. The molecule has 0 bridgehead atoms. The molecule has 2 saturated heterocycles. The minimum absolute atomic E-state index is 0.122. The Bertz CT molecular complexity index is 568. The molecule has 25 heavy (non-hydrogen) atoms. The fourth-order valence-electron chi connectivity index (χ4n) is 4.11. The van der Waals surface area contributed by atoms with Gasteiger partial charge in [0.05, 0.1) is 11.7 Å². The summed E-state index contributed by atoms with van der Waals surface area (Å²) in [4.78, 5) is 19.6. The van der Waals surface area contributed by atoms with Crippen molar-refractivity contribution >= 4 is 11.7 Å². The lowest BCUT2D eigenvalue weighted by Crippen LogP contribution is -2.51. The number of likely N-dealkylation sites (tertiary alicyclic amines) is 2. The van der Waals surface area contributed by atoms with E-state index in [4.69, 9.17) is 0 Å². The van der Waals surface area contributed by atoms with Gasteiger partial charge in [0.1, 0.15) is 0 Å². The van der Waals surface area contributed by atoms with Crippen LogP contribution in [0.4, 0.5) is 5.82 Å². The third-order valence-corrected chi connectivity index (χ3v) is 5.63. The van der Waals surface area contributed by atoms with Crippen molar-refractivity contribution in [3.8, 4) is 0 Å². The molecule has 1 unspecified atom stereocenters. The van der Waals surface area contributed by atoms with Gasteiger partial charge in [-0.3, -0.25) is 9.69 Å². The van der Waals surface area contributed by atoms with Crippen molar-refractivity contribution in [1.29, 1.82) is 0 Å². The number of aryl methyl sites for hydroxylation is 1. The average Bonchev–Trinajstić information content (AvgIpc) is 3.10. The molecule has 0 radical (unpaired) electrons. The Morgan fingerprint density at radius 2 is 1.96 bits per heavy atom. The lowest BCUT2D eigenvalue weighted by Gasteiger charge is -2.39. The number of aromatic nitrogens is 2. The maximum atomic E-state index is 12.9. The molecular weight excluding hydrogens is 314 g/mol. The Labute approximate surface area is 151 Å². The number of amides is 1. The average molecular weight is 345 g/mol. The molecule has 2 fully saturated rings. The predicted molar refractivity (Wildman–Crippen MR) is 99.7 cm³/mol. The van der Waals surface area contributed by atoms with Crippen LogP contribution in [0.25, 0.3) is 0 Å². The van der Waals surface area contributed by atoms with Crippen LogP contribution in [0.1, 0.15) is 44.7 Å². The molecule has 1 amide bonds. The number of carbonyl (C=O) groups is 1. The van der Waals surface area contributed by atoms with E-state index in [9.17, 15) is 4.79 Å². The highest BCUT2D eigenvalue weighted by Crippen LogP contribution is 2.24. The van der Waals surface area contributed by atoms with Gasteiger partial charge in [-0.05, 0) is 64.3 Å². The lowest BCUT2D eigenvalue weighted by molar-refractivity contribution is -0.137. The Hall–Kier alpha value is -1.69. The fourth-order valence-corrected chi connectivity index (χ4v) is 4.11. The molecule has 2 aliphatic heterocycles. The van der Waals surface area contributed by atoms with Crippen LogP contribution in [0.2, 0.25) is 0 Å². The molecule has 3 rings (SSSR count). The van der Waals surface area contributed by atoms with Crippen LogP contribution in [-0.4, -0.2) is 71.2 Å². The second-order valence-corrected chi connectivity index (χ2v) is 7.39. The molecule has 0 saturated carbocycles. The van der Waals surface area contributed by atoms with Crippen molar-refractivity contribution < 1.29 is 4.79 Å². The molecule has 1 aromatic heterocycles. The molecule has 1 aromatic rings. The highest BCUT2D eigenvalue weighted by molar-refractivity contribution is 5.82. The first-order valence-corrected chi connectivity index (χ1v) is 9.66. The van der Waals surface area contributed by atoms with Gasteiger partial charge in [0, 0.05) is 26.2 Å². The maximum absolute atomic E-state index is 12.9. The van der Waals surface area contributed by atoms with Crippen molar-refractivity contribution in [2.45, 2.75) is 58.0 Å². The minimum Gasteiger partial charge on any atom is -0.355 e. The second kappa shape index (κ2) is 8.13. The topological polar surface area (TPSA) is 52.6 Å². The number of piperidine rings is 1. The van der Waals surface area contributed by atoms with Crippen molar-refractivity contribution in [3.63, 3.8) is 0 Å². The molecule has 1 atom stereocenters. The monoisotopic (exact) mass is 345 g/mol. The minimum atomic E-state index is 0.122. The molecule has 3 heterocycles. The number of anilines is 1. The summed E-state index contributed by atoms with van der Waals surface area (Å²) >= 11 is 0. The van der Waals surface area contributed by atoms with Crippen LogP contribution in [0.3, 0.4) is 0 Å². The standard InChI is InChI=1S/C19H31N5O/c1-4-11-23-12-5-6-17(23)19(25)24-13-9-16(10-14-24)22(3)18-8-7-15(2)20-21-18/h7-8,16-17H,4-6,9-14H2,1-3H3. The van der Waals surface area contributed by atoms with E-state index in [1.54, 1.807) is 0 Å². The van der Waals surface area contributed by atoms with E-state index < -0.39 is 0 Å². The van der Waals surface area contributed by atoms with Crippen LogP contribution in [0, 0.1) is 6.92 Å². The summed E-state index contributed by atoms with van der Waals surface area (Å²) in [7, 11) is 2.08.